The molecule has 3 nitrogen and oxygen atoms in total. The summed E-state index contributed by atoms with van der Waals surface area (Å²) < 4.78 is 0. The lowest BCUT2D eigenvalue weighted by Crippen LogP contribution is -2.35. The predicted molar refractivity (Wildman–Crippen MR) is 46.4 cm³/mol. The minimum Gasteiger partial charge on any atom is -0.276 e. The number of rotatable bonds is 4. The normalized spacial score (nSPS) is 19.1. The largest absolute Gasteiger partial charge is 0.276 e. The van der Waals surface area contributed by atoms with Crippen molar-refractivity contribution >= 4 is 6.41 Å². The Bertz CT molecular complexity index is 132. The predicted octanol–water partition coefficient (Wildman–Crippen LogP) is 1.73. The molecule has 0 aromatic carbocycles. The fourth-order valence-electron chi connectivity index (χ4n) is 1.71. The summed E-state index contributed by atoms with van der Waals surface area (Å²) in [7, 11) is 0. The zero-order valence-electron chi connectivity index (χ0n) is 7.66. The summed E-state index contributed by atoms with van der Waals surface area (Å²) in [6.07, 6.45) is 6.75. The fourth-order valence-corrected chi connectivity index (χ4v) is 1.71. The Labute approximate surface area is 73.6 Å². The van der Waals surface area contributed by atoms with Gasteiger partial charge in [-0.05, 0) is 19.8 Å². The Hall–Kier alpha value is -0.570. The number of hydroxylamine groups is 2. The van der Waals surface area contributed by atoms with Crippen LogP contribution in [0.4, 0.5) is 0 Å². The topological polar surface area (TPSA) is 29.5 Å². The molecule has 12 heavy (non-hydrogen) atoms. The molecule has 1 aliphatic rings. The Morgan fingerprint density at radius 1 is 1.42 bits per heavy atom. The van der Waals surface area contributed by atoms with Crippen LogP contribution in [-0.2, 0) is 9.63 Å². The van der Waals surface area contributed by atoms with Crippen LogP contribution in [0.15, 0.2) is 0 Å². The van der Waals surface area contributed by atoms with Gasteiger partial charge < -0.3 is 0 Å². The maximum atomic E-state index is 10.6. The molecule has 1 amide bonds. The summed E-state index contributed by atoms with van der Waals surface area (Å²) in [5.41, 5.74) is 0. The van der Waals surface area contributed by atoms with E-state index in [0.717, 1.165) is 19.3 Å². The molecule has 0 unspecified atom stereocenters. The molecule has 1 aliphatic carbocycles. The molecule has 0 heterocycles. The Morgan fingerprint density at radius 2 is 2.08 bits per heavy atom. The van der Waals surface area contributed by atoms with Crippen molar-refractivity contribution in [1.29, 1.82) is 0 Å². The highest BCUT2D eigenvalue weighted by molar-refractivity contribution is 5.45. The van der Waals surface area contributed by atoms with Crippen LogP contribution >= 0.6 is 0 Å². The van der Waals surface area contributed by atoms with Crippen LogP contribution in [0.25, 0.3) is 0 Å². The van der Waals surface area contributed by atoms with E-state index in [1.807, 2.05) is 6.92 Å². The SMILES string of the molecule is CCON(C=O)C1CCCCC1. The lowest BCUT2D eigenvalue weighted by atomic mass is 9.95. The molecule has 0 radical (unpaired) electrons. The van der Waals surface area contributed by atoms with Gasteiger partial charge >= 0.3 is 0 Å². The van der Waals surface area contributed by atoms with Crippen LogP contribution in [0.5, 0.6) is 0 Å². The maximum absolute atomic E-state index is 10.6. The van der Waals surface area contributed by atoms with Crippen molar-refractivity contribution < 1.29 is 9.63 Å². The number of amides is 1. The molecule has 0 aromatic rings. The van der Waals surface area contributed by atoms with Gasteiger partial charge in [-0.25, -0.2) is 5.06 Å². The average molecular weight is 171 g/mol. The van der Waals surface area contributed by atoms with Crippen LogP contribution in [0.3, 0.4) is 0 Å². The van der Waals surface area contributed by atoms with Gasteiger partial charge in [0.15, 0.2) is 0 Å². The summed E-state index contributed by atoms with van der Waals surface area (Å²) in [4.78, 5) is 15.8. The van der Waals surface area contributed by atoms with Crippen LogP contribution < -0.4 is 0 Å². The van der Waals surface area contributed by atoms with Gasteiger partial charge in [0.05, 0.1) is 12.6 Å². The van der Waals surface area contributed by atoms with Crippen LogP contribution in [0, 0.1) is 0 Å². The lowest BCUT2D eigenvalue weighted by Gasteiger charge is -2.29. The van der Waals surface area contributed by atoms with Crippen molar-refractivity contribution in [2.75, 3.05) is 6.61 Å². The van der Waals surface area contributed by atoms with Crippen LogP contribution in [-0.4, -0.2) is 24.1 Å². The zero-order chi connectivity index (χ0) is 8.81. The molecule has 0 atom stereocenters. The molecule has 0 aliphatic heterocycles. The van der Waals surface area contributed by atoms with E-state index in [0.29, 0.717) is 12.6 Å². The molecule has 1 rings (SSSR count). The summed E-state index contributed by atoms with van der Waals surface area (Å²) >= 11 is 0. The molecule has 0 bridgehead atoms. The third kappa shape index (κ3) is 2.48. The van der Waals surface area contributed by atoms with E-state index < -0.39 is 0 Å². The van der Waals surface area contributed by atoms with Crippen molar-refractivity contribution in [3.63, 3.8) is 0 Å². The monoisotopic (exact) mass is 171 g/mol. The molecule has 0 saturated heterocycles. The van der Waals surface area contributed by atoms with Crippen molar-refractivity contribution in [1.82, 2.24) is 5.06 Å². The minimum atomic E-state index is 0.330. The highest BCUT2D eigenvalue weighted by atomic mass is 16.7. The molecule has 0 spiro atoms. The minimum absolute atomic E-state index is 0.330. The summed E-state index contributed by atoms with van der Waals surface area (Å²) in [6, 6.07) is 0.330. The Balaban J connectivity index is 2.34. The van der Waals surface area contributed by atoms with Gasteiger partial charge in [0.2, 0.25) is 6.41 Å². The van der Waals surface area contributed by atoms with E-state index in [2.05, 4.69) is 0 Å². The first-order valence-corrected chi connectivity index (χ1v) is 4.75. The van der Waals surface area contributed by atoms with Crippen molar-refractivity contribution in [2.24, 2.45) is 0 Å². The maximum Gasteiger partial charge on any atom is 0.233 e. The highest BCUT2D eigenvalue weighted by Gasteiger charge is 2.19. The first-order valence-electron chi connectivity index (χ1n) is 4.75. The first kappa shape index (κ1) is 9.52. The number of hydrogen-bond acceptors (Lipinski definition) is 2. The molecular formula is C9H17NO2. The quantitative estimate of drug-likeness (QED) is 0.476. The molecule has 0 aromatic heterocycles. The van der Waals surface area contributed by atoms with Gasteiger partial charge in [-0.2, -0.15) is 0 Å². The summed E-state index contributed by atoms with van der Waals surface area (Å²) in [5.74, 6) is 0. The smallest absolute Gasteiger partial charge is 0.233 e. The number of nitrogens with zero attached hydrogens (tertiary/aromatic N) is 1. The lowest BCUT2D eigenvalue weighted by molar-refractivity contribution is -0.187. The Morgan fingerprint density at radius 3 is 2.58 bits per heavy atom. The van der Waals surface area contributed by atoms with E-state index in [1.165, 1.54) is 24.3 Å². The summed E-state index contributed by atoms with van der Waals surface area (Å²) in [5, 5.41) is 1.49. The van der Waals surface area contributed by atoms with Gasteiger partial charge in [-0.1, -0.05) is 19.3 Å². The second-order valence-corrected chi connectivity index (χ2v) is 3.17. The molecule has 0 N–H and O–H groups in total. The molecule has 1 saturated carbocycles. The fraction of sp³-hybridized carbons (Fsp3) is 0.889. The zero-order valence-corrected chi connectivity index (χ0v) is 7.66. The second kappa shape index (κ2) is 5.14. The first-order chi connectivity index (χ1) is 5.88. The van der Waals surface area contributed by atoms with E-state index in [-0.39, 0.29) is 0 Å². The highest BCUT2D eigenvalue weighted by Crippen LogP contribution is 2.21. The number of hydrogen-bond donors (Lipinski definition) is 0. The van der Waals surface area contributed by atoms with Crippen LogP contribution in [0.2, 0.25) is 0 Å². The van der Waals surface area contributed by atoms with E-state index >= 15 is 0 Å². The molecule has 70 valence electrons. The Kier molecular flexibility index (Phi) is 4.08. The average Bonchev–Trinajstić information content (AvgIpc) is 2.15. The van der Waals surface area contributed by atoms with Crippen molar-refractivity contribution in [3.05, 3.63) is 0 Å². The van der Waals surface area contributed by atoms with Crippen molar-refractivity contribution in [2.45, 2.75) is 45.1 Å². The van der Waals surface area contributed by atoms with E-state index in [1.54, 1.807) is 0 Å². The molecular weight excluding hydrogens is 154 g/mol. The second-order valence-electron chi connectivity index (χ2n) is 3.17. The third-order valence-electron chi connectivity index (χ3n) is 2.32. The van der Waals surface area contributed by atoms with Gasteiger partial charge in [-0.15, -0.1) is 0 Å². The number of carbonyl (C=O) groups is 1. The van der Waals surface area contributed by atoms with Gasteiger partial charge in [0, 0.05) is 0 Å². The molecule has 1 fully saturated rings. The van der Waals surface area contributed by atoms with Crippen LogP contribution in [0.1, 0.15) is 39.0 Å². The standard InChI is InChI=1S/C9H17NO2/c1-2-12-10(8-11)9-6-4-3-5-7-9/h8-9H,2-7H2,1H3. The third-order valence-corrected chi connectivity index (χ3v) is 2.32. The van der Waals surface area contributed by atoms with Gasteiger partial charge in [-0.3, -0.25) is 9.63 Å². The van der Waals surface area contributed by atoms with Crippen molar-refractivity contribution in [3.8, 4) is 0 Å². The summed E-state index contributed by atoms with van der Waals surface area (Å²) in [6.45, 7) is 2.48. The van der Waals surface area contributed by atoms with E-state index in [4.69, 9.17) is 4.84 Å². The van der Waals surface area contributed by atoms with Gasteiger partial charge in [0.1, 0.15) is 0 Å². The van der Waals surface area contributed by atoms with E-state index in [9.17, 15) is 4.79 Å². The number of carbonyl (C=O) groups excluding carboxylic acids is 1. The van der Waals surface area contributed by atoms with Gasteiger partial charge in [0.25, 0.3) is 0 Å². The molecule has 3 heteroatoms.